The van der Waals surface area contributed by atoms with Gasteiger partial charge in [0, 0.05) is 12.6 Å². The number of nitrogens with zero attached hydrogens (tertiary/aromatic N) is 3. The van der Waals surface area contributed by atoms with Gasteiger partial charge in [-0.3, -0.25) is 0 Å². The lowest BCUT2D eigenvalue weighted by atomic mass is 10.1. The molecule has 1 saturated heterocycles. The molecule has 1 aliphatic rings. The molecule has 1 N–H and O–H groups in total. The van der Waals surface area contributed by atoms with Gasteiger partial charge in [0.15, 0.2) is 0 Å². The molecule has 1 fully saturated rings. The van der Waals surface area contributed by atoms with E-state index >= 15 is 0 Å². The number of aromatic nitrogens is 3. The van der Waals surface area contributed by atoms with Gasteiger partial charge < -0.3 is 9.88 Å². The van der Waals surface area contributed by atoms with Crippen LogP contribution in [0.2, 0.25) is 0 Å². The first-order valence-electron chi connectivity index (χ1n) is 4.51. The molecule has 2 heterocycles. The van der Waals surface area contributed by atoms with Crippen LogP contribution in [0.5, 0.6) is 0 Å². The van der Waals surface area contributed by atoms with Gasteiger partial charge in [0.2, 0.25) is 0 Å². The Morgan fingerprint density at radius 2 is 2.08 bits per heavy atom. The highest BCUT2D eigenvalue weighted by molar-refractivity contribution is 4.76. The molecule has 4 heteroatoms. The Morgan fingerprint density at radius 1 is 1.25 bits per heavy atom. The number of rotatable bonds is 1. The largest absolute Gasteiger partial charge is 0.316 e. The van der Waals surface area contributed by atoms with Crippen LogP contribution in [-0.2, 0) is 0 Å². The predicted octanol–water partition coefficient (Wildman–Crippen LogP) is 0.593. The molecule has 12 heavy (non-hydrogen) atoms. The smallest absolute Gasteiger partial charge is 0.119 e. The van der Waals surface area contributed by atoms with Crippen molar-refractivity contribution in [2.75, 3.05) is 13.1 Å². The molecule has 4 nitrogen and oxygen atoms in total. The summed E-state index contributed by atoms with van der Waals surface area (Å²) in [7, 11) is 0. The normalized spacial score (nSPS) is 25.2. The summed E-state index contributed by atoms with van der Waals surface area (Å²) in [5.41, 5.74) is 0. The molecular weight excluding hydrogens is 152 g/mol. The zero-order valence-corrected chi connectivity index (χ0v) is 7.11. The molecule has 1 unspecified atom stereocenters. The Bertz CT molecular complexity index is 211. The molecule has 0 bridgehead atoms. The van der Waals surface area contributed by atoms with Crippen LogP contribution < -0.4 is 5.32 Å². The third-order valence-corrected chi connectivity index (χ3v) is 2.38. The minimum absolute atomic E-state index is 0.558. The Morgan fingerprint density at radius 3 is 2.92 bits per heavy atom. The van der Waals surface area contributed by atoms with Crippen molar-refractivity contribution in [2.24, 2.45) is 0 Å². The minimum Gasteiger partial charge on any atom is -0.316 e. The molecule has 0 radical (unpaired) electrons. The molecule has 1 aromatic rings. The lowest BCUT2D eigenvalue weighted by Crippen LogP contribution is -2.22. The van der Waals surface area contributed by atoms with Gasteiger partial charge in [-0.1, -0.05) is 6.42 Å². The van der Waals surface area contributed by atoms with Crippen molar-refractivity contribution in [3.05, 3.63) is 12.7 Å². The highest BCUT2D eigenvalue weighted by Gasteiger charge is 2.12. The molecule has 1 atom stereocenters. The Kier molecular flexibility index (Phi) is 2.36. The Hall–Kier alpha value is -0.900. The van der Waals surface area contributed by atoms with Gasteiger partial charge in [-0.2, -0.15) is 0 Å². The van der Waals surface area contributed by atoms with E-state index in [0.717, 1.165) is 13.1 Å². The van der Waals surface area contributed by atoms with Crippen molar-refractivity contribution >= 4 is 0 Å². The average Bonchev–Trinajstić information content (AvgIpc) is 2.48. The number of hydrogen-bond acceptors (Lipinski definition) is 3. The van der Waals surface area contributed by atoms with Crippen LogP contribution >= 0.6 is 0 Å². The van der Waals surface area contributed by atoms with Gasteiger partial charge in [-0.15, -0.1) is 10.2 Å². The van der Waals surface area contributed by atoms with Crippen LogP contribution in [0.15, 0.2) is 12.7 Å². The SMILES string of the molecule is c1nncn1C1CCCCNC1. The van der Waals surface area contributed by atoms with E-state index in [2.05, 4.69) is 20.1 Å². The van der Waals surface area contributed by atoms with Crippen molar-refractivity contribution < 1.29 is 0 Å². The van der Waals surface area contributed by atoms with E-state index in [1.165, 1.54) is 19.3 Å². The van der Waals surface area contributed by atoms with Crippen LogP contribution in [0.1, 0.15) is 25.3 Å². The minimum atomic E-state index is 0.558. The summed E-state index contributed by atoms with van der Waals surface area (Å²) in [4.78, 5) is 0. The van der Waals surface area contributed by atoms with Crippen LogP contribution in [-0.4, -0.2) is 27.9 Å². The topological polar surface area (TPSA) is 42.7 Å². The Balaban J connectivity index is 2.02. The van der Waals surface area contributed by atoms with E-state index < -0.39 is 0 Å². The van der Waals surface area contributed by atoms with E-state index in [9.17, 15) is 0 Å². The van der Waals surface area contributed by atoms with Gasteiger partial charge in [0.05, 0.1) is 0 Å². The first-order valence-corrected chi connectivity index (χ1v) is 4.51. The summed E-state index contributed by atoms with van der Waals surface area (Å²) in [6.45, 7) is 2.21. The van der Waals surface area contributed by atoms with Gasteiger partial charge >= 0.3 is 0 Å². The second-order valence-electron chi connectivity index (χ2n) is 3.26. The molecule has 2 rings (SSSR count). The van der Waals surface area contributed by atoms with Crippen LogP contribution in [0.4, 0.5) is 0 Å². The van der Waals surface area contributed by atoms with Crippen molar-refractivity contribution in [3.8, 4) is 0 Å². The standard InChI is InChI=1S/C8H14N4/c1-2-4-9-5-8(3-1)12-6-10-11-7-12/h6-9H,1-5H2. The molecule has 1 aliphatic heterocycles. The Labute approximate surface area is 72.0 Å². The fraction of sp³-hybridized carbons (Fsp3) is 0.750. The summed E-state index contributed by atoms with van der Waals surface area (Å²) in [5, 5.41) is 11.0. The van der Waals surface area contributed by atoms with Crippen LogP contribution in [0.25, 0.3) is 0 Å². The first-order chi connectivity index (χ1) is 5.97. The van der Waals surface area contributed by atoms with E-state index in [1.54, 1.807) is 12.7 Å². The first kappa shape index (κ1) is 7.73. The second kappa shape index (κ2) is 3.67. The van der Waals surface area contributed by atoms with E-state index in [4.69, 9.17) is 0 Å². The average molecular weight is 166 g/mol. The fourth-order valence-electron chi connectivity index (χ4n) is 1.65. The predicted molar refractivity (Wildman–Crippen MR) is 45.8 cm³/mol. The van der Waals surface area contributed by atoms with Gasteiger partial charge in [0.25, 0.3) is 0 Å². The summed E-state index contributed by atoms with van der Waals surface area (Å²) in [6.07, 6.45) is 7.44. The lowest BCUT2D eigenvalue weighted by molar-refractivity contribution is 0.460. The summed E-state index contributed by atoms with van der Waals surface area (Å²) in [5.74, 6) is 0. The third-order valence-electron chi connectivity index (χ3n) is 2.38. The maximum absolute atomic E-state index is 3.81. The van der Waals surface area contributed by atoms with E-state index in [1.807, 2.05) is 0 Å². The highest BCUT2D eigenvalue weighted by atomic mass is 15.2. The molecular formula is C8H14N4. The molecule has 1 aromatic heterocycles. The second-order valence-corrected chi connectivity index (χ2v) is 3.26. The van der Waals surface area contributed by atoms with Crippen molar-refractivity contribution in [2.45, 2.75) is 25.3 Å². The summed E-state index contributed by atoms with van der Waals surface area (Å²) < 4.78 is 2.10. The molecule has 0 aliphatic carbocycles. The molecule has 0 aromatic carbocycles. The van der Waals surface area contributed by atoms with Crippen molar-refractivity contribution in [1.29, 1.82) is 0 Å². The summed E-state index contributed by atoms with van der Waals surface area (Å²) >= 11 is 0. The van der Waals surface area contributed by atoms with Crippen LogP contribution in [0, 0.1) is 0 Å². The lowest BCUT2D eigenvalue weighted by Gasteiger charge is -2.14. The van der Waals surface area contributed by atoms with Crippen LogP contribution in [0.3, 0.4) is 0 Å². The quantitative estimate of drug-likeness (QED) is 0.664. The molecule has 0 amide bonds. The fourth-order valence-corrected chi connectivity index (χ4v) is 1.65. The van der Waals surface area contributed by atoms with Crippen molar-refractivity contribution in [3.63, 3.8) is 0 Å². The van der Waals surface area contributed by atoms with Gasteiger partial charge in [-0.25, -0.2) is 0 Å². The number of hydrogen-bond donors (Lipinski definition) is 1. The zero-order chi connectivity index (χ0) is 8.23. The molecule has 66 valence electrons. The van der Waals surface area contributed by atoms with E-state index in [-0.39, 0.29) is 0 Å². The van der Waals surface area contributed by atoms with Gasteiger partial charge in [-0.05, 0) is 19.4 Å². The number of nitrogens with one attached hydrogen (secondary N) is 1. The van der Waals surface area contributed by atoms with Gasteiger partial charge in [0.1, 0.15) is 12.7 Å². The third kappa shape index (κ3) is 1.64. The monoisotopic (exact) mass is 166 g/mol. The summed E-state index contributed by atoms with van der Waals surface area (Å²) in [6, 6.07) is 0.558. The zero-order valence-electron chi connectivity index (χ0n) is 7.11. The maximum Gasteiger partial charge on any atom is 0.119 e. The molecule has 0 spiro atoms. The molecule has 0 saturated carbocycles. The maximum atomic E-state index is 3.81. The highest BCUT2D eigenvalue weighted by Crippen LogP contribution is 2.15. The van der Waals surface area contributed by atoms with Crippen molar-refractivity contribution in [1.82, 2.24) is 20.1 Å². The van der Waals surface area contributed by atoms with E-state index in [0.29, 0.717) is 6.04 Å².